The highest BCUT2D eigenvalue weighted by Gasteiger charge is 2.34. The van der Waals surface area contributed by atoms with Gasteiger partial charge in [0.1, 0.15) is 23.2 Å². The average Bonchev–Trinajstić information content (AvgIpc) is 2.94. The van der Waals surface area contributed by atoms with E-state index in [9.17, 15) is 9.59 Å². The molecule has 0 bridgehead atoms. The van der Waals surface area contributed by atoms with Gasteiger partial charge in [0.25, 0.3) is 5.91 Å². The Morgan fingerprint density at radius 2 is 1.69 bits per heavy atom. The number of pyridine rings is 1. The summed E-state index contributed by atoms with van der Waals surface area (Å²) >= 11 is 0. The van der Waals surface area contributed by atoms with Gasteiger partial charge in [-0.25, -0.2) is 0 Å². The van der Waals surface area contributed by atoms with Crippen LogP contribution in [0.15, 0.2) is 72.9 Å². The number of nitrogens with one attached hydrogen (secondary N) is 1. The van der Waals surface area contributed by atoms with Crippen molar-refractivity contribution < 1.29 is 19.1 Å². The molecule has 1 fully saturated rings. The first kappa shape index (κ1) is 25.2. The lowest BCUT2D eigenvalue weighted by Crippen LogP contribution is -2.47. The lowest BCUT2D eigenvalue weighted by Gasteiger charge is -2.33. The second-order valence-corrected chi connectivity index (χ2v) is 9.02. The van der Waals surface area contributed by atoms with Crippen LogP contribution in [0.3, 0.4) is 0 Å². The van der Waals surface area contributed by atoms with Crippen LogP contribution >= 0.6 is 0 Å². The van der Waals surface area contributed by atoms with E-state index in [1.807, 2.05) is 48.5 Å². The van der Waals surface area contributed by atoms with E-state index in [2.05, 4.69) is 10.3 Å². The van der Waals surface area contributed by atoms with Gasteiger partial charge in [-0.3, -0.25) is 14.6 Å². The number of nitrogens with zero attached hydrogens (tertiary/aromatic N) is 2. The summed E-state index contributed by atoms with van der Waals surface area (Å²) in [7, 11) is 3.20. The van der Waals surface area contributed by atoms with Gasteiger partial charge >= 0.3 is 0 Å². The fourth-order valence-electron chi connectivity index (χ4n) is 4.67. The molecule has 188 valence electrons. The molecule has 1 aliphatic rings. The highest BCUT2D eigenvalue weighted by Crippen LogP contribution is 2.29. The summed E-state index contributed by atoms with van der Waals surface area (Å²) in [5, 5.41) is 3.23. The second kappa shape index (κ2) is 12.2. The molecule has 1 atom stereocenters. The zero-order chi connectivity index (χ0) is 25.3. The molecular weight excluding hydrogens is 454 g/mol. The summed E-state index contributed by atoms with van der Waals surface area (Å²) in [4.78, 5) is 33.6. The minimum Gasteiger partial charge on any atom is -0.497 e. The molecule has 1 N–H and O–H groups in total. The largest absolute Gasteiger partial charge is 0.497 e. The smallest absolute Gasteiger partial charge is 0.273 e. The molecule has 1 saturated carbocycles. The van der Waals surface area contributed by atoms with E-state index in [4.69, 9.17) is 9.47 Å². The van der Waals surface area contributed by atoms with Crippen LogP contribution in [0.4, 0.5) is 0 Å². The molecule has 1 heterocycles. The summed E-state index contributed by atoms with van der Waals surface area (Å²) in [6.45, 7) is 0.210. The number of amides is 2. The summed E-state index contributed by atoms with van der Waals surface area (Å²) < 4.78 is 10.7. The predicted molar refractivity (Wildman–Crippen MR) is 138 cm³/mol. The number of hydrogen-bond donors (Lipinski definition) is 1. The quantitative estimate of drug-likeness (QED) is 0.463. The van der Waals surface area contributed by atoms with Gasteiger partial charge in [-0.2, -0.15) is 0 Å². The summed E-state index contributed by atoms with van der Waals surface area (Å²) in [5.41, 5.74) is 1.84. The number of methoxy groups -OCH3 is 2. The lowest BCUT2D eigenvalue weighted by molar-refractivity contribution is -0.127. The zero-order valence-electron chi connectivity index (χ0n) is 20.9. The van der Waals surface area contributed by atoms with E-state index in [1.165, 1.54) is 6.42 Å². The van der Waals surface area contributed by atoms with Crippen molar-refractivity contribution in [2.45, 2.75) is 50.7 Å². The molecule has 1 unspecified atom stereocenters. The van der Waals surface area contributed by atoms with E-state index >= 15 is 0 Å². The number of benzene rings is 2. The topological polar surface area (TPSA) is 80.8 Å². The van der Waals surface area contributed by atoms with Gasteiger partial charge in [-0.15, -0.1) is 0 Å². The Bertz CT molecular complexity index is 1140. The van der Waals surface area contributed by atoms with Gasteiger partial charge in [-0.1, -0.05) is 49.6 Å². The summed E-state index contributed by atoms with van der Waals surface area (Å²) in [6, 6.07) is 19.3. The normalized spacial score (nSPS) is 14.5. The molecule has 36 heavy (non-hydrogen) atoms. The molecule has 7 nitrogen and oxygen atoms in total. The molecular formula is C29H33N3O4. The maximum absolute atomic E-state index is 13.9. The summed E-state index contributed by atoms with van der Waals surface area (Å²) in [5.74, 6) is 0.850. The highest BCUT2D eigenvalue weighted by atomic mass is 16.5. The van der Waals surface area contributed by atoms with E-state index in [0.717, 1.165) is 31.2 Å². The third kappa shape index (κ3) is 6.22. The van der Waals surface area contributed by atoms with Gasteiger partial charge in [-0.05, 0) is 60.4 Å². The Morgan fingerprint density at radius 3 is 2.36 bits per heavy atom. The number of carbonyl (C=O) groups excluding carboxylic acids is 2. The number of hydrogen-bond acceptors (Lipinski definition) is 5. The molecule has 2 aromatic carbocycles. The van der Waals surface area contributed by atoms with E-state index in [-0.39, 0.29) is 30.1 Å². The number of carbonyl (C=O) groups is 2. The maximum Gasteiger partial charge on any atom is 0.273 e. The molecule has 0 saturated heterocycles. The predicted octanol–water partition coefficient (Wildman–Crippen LogP) is 4.93. The van der Waals surface area contributed by atoms with E-state index in [1.54, 1.807) is 43.5 Å². The standard InChI is InChI=1S/C29H33N3O4/c1-35-24-16-14-22(15-17-24)27(28(33)31-23-10-4-3-5-11-23)32(29(34)26-13-6-7-18-30-26)20-21-9-8-12-25(19-21)36-2/h6-9,12-19,23,27H,3-5,10-11,20H2,1-2H3,(H,31,33). The molecule has 1 aromatic heterocycles. The monoisotopic (exact) mass is 487 g/mol. The minimum atomic E-state index is -0.849. The Kier molecular flexibility index (Phi) is 8.55. The van der Waals surface area contributed by atoms with Crippen LogP contribution in [0.25, 0.3) is 0 Å². The Labute approximate surface area is 212 Å². The SMILES string of the molecule is COc1ccc(C(C(=O)NC2CCCCC2)N(Cc2cccc(OC)c2)C(=O)c2ccccn2)cc1. The van der Waals surface area contributed by atoms with Crippen molar-refractivity contribution in [1.29, 1.82) is 0 Å². The average molecular weight is 488 g/mol. The van der Waals surface area contributed by atoms with Crippen molar-refractivity contribution in [3.8, 4) is 11.5 Å². The van der Waals surface area contributed by atoms with Crippen molar-refractivity contribution in [3.05, 3.63) is 89.7 Å². The molecule has 1 aliphatic carbocycles. The van der Waals surface area contributed by atoms with Gasteiger partial charge in [0.15, 0.2) is 0 Å². The second-order valence-electron chi connectivity index (χ2n) is 9.02. The third-order valence-electron chi connectivity index (χ3n) is 6.58. The lowest BCUT2D eigenvalue weighted by atomic mass is 9.94. The molecule has 0 spiro atoms. The fraction of sp³-hybridized carbons (Fsp3) is 0.345. The first-order valence-electron chi connectivity index (χ1n) is 12.4. The molecule has 0 aliphatic heterocycles. The summed E-state index contributed by atoms with van der Waals surface area (Å²) in [6.07, 6.45) is 6.86. The number of ether oxygens (including phenoxy) is 2. The maximum atomic E-state index is 13.9. The zero-order valence-corrected chi connectivity index (χ0v) is 20.9. The third-order valence-corrected chi connectivity index (χ3v) is 6.58. The van der Waals surface area contributed by atoms with Crippen molar-refractivity contribution in [2.75, 3.05) is 14.2 Å². The van der Waals surface area contributed by atoms with E-state index in [0.29, 0.717) is 17.1 Å². The number of aromatic nitrogens is 1. The van der Waals surface area contributed by atoms with Crippen LogP contribution < -0.4 is 14.8 Å². The van der Waals surface area contributed by atoms with Crippen LogP contribution in [-0.2, 0) is 11.3 Å². The van der Waals surface area contributed by atoms with Gasteiger partial charge in [0.05, 0.1) is 14.2 Å². The van der Waals surface area contributed by atoms with Gasteiger partial charge < -0.3 is 19.7 Å². The molecule has 0 radical (unpaired) electrons. The van der Waals surface area contributed by atoms with Gasteiger partial charge in [0.2, 0.25) is 5.91 Å². The first-order chi connectivity index (χ1) is 17.6. The van der Waals surface area contributed by atoms with Crippen LogP contribution in [0.1, 0.15) is 59.8 Å². The van der Waals surface area contributed by atoms with Crippen LogP contribution in [0.5, 0.6) is 11.5 Å². The Hall–Kier alpha value is -3.87. The molecule has 2 amide bonds. The first-order valence-corrected chi connectivity index (χ1v) is 12.4. The molecule has 7 heteroatoms. The van der Waals surface area contributed by atoms with Crippen molar-refractivity contribution in [3.63, 3.8) is 0 Å². The van der Waals surface area contributed by atoms with Crippen LogP contribution in [-0.4, -0.2) is 42.0 Å². The number of rotatable bonds is 9. The van der Waals surface area contributed by atoms with Crippen molar-refractivity contribution in [1.82, 2.24) is 15.2 Å². The van der Waals surface area contributed by atoms with Crippen molar-refractivity contribution in [2.24, 2.45) is 0 Å². The van der Waals surface area contributed by atoms with Crippen molar-refractivity contribution >= 4 is 11.8 Å². The highest BCUT2D eigenvalue weighted by molar-refractivity contribution is 5.96. The Balaban J connectivity index is 1.75. The van der Waals surface area contributed by atoms with Crippen LogP contribution in [0, 0.1) is 0 Å². The molecule has 4 rings (SSSR count). The van der Waals surface area contributed by atoms with Crippen LogP contribution in [0.2, 0.25) is 0 Å². The van der Waals surface area contributed by atoms with E-state index < -0.39 is 6.04 Å². The molecule has 3 aromatic rings. The Morgan fingerprint density at radius 1 is 0.944 bits per heavy atom. The van der Waals surface area contributed by atoms with Gasteiger partial charge in [0, 0.05) is 18.8 Å². The fourth-order valence-corrected chi connectivity index (χ4v) is 4.67. The minimum absolute atomic E-state index is 0.107.